The molecule has 0 aliphatic carbocycles. The molecule has 0 radical (unpaired) electrons. The molecule has 0 aromatic rings. The monoisotopic (exact) mass is 384 g/mol. The summed E-state index contributed by atoms with van der Waals surface area (Å²) in [6.07, 6.45) is -13.2. The molecule has 0 heterocycles. The number of alkyl halides is 11. The van der Waals surface area contributed by atoms with E-state index < -0.39 is 54.9 Å². The third-order valence-corrected chi connectivity index (χ3v) is 3.60. The predicted octanol–water partition coefficient (Wildman–Crippen LogP) is 5.54. The summed E-state index contributed by atoms with van der Waals surface area (Å²) in [6, 6.07) is 0. The highest BCUT2D eigenvalue weighted by molar-refractivity contribution is 5.18. The van der Waals surface area contributed by atoms with Gasteiger partial charge >= 0.3 is 24.1 Å². The van der Waals surface area contributed by atoms with Crippen LogP contribution in [0.15, 0.2) is 0 Å². The molecule has 0 bridgehead atoms. The number of rotatable bonds is 6. The first-order chi connectivity index (χ1) is 10.3. The van der Waals surface area contributed by atoms with Gasteiger partial charge in [0.25, 0.3) is 0 Å². The lowest BCUT2D eigenvalue weighted by Gasteiger charge is -2.50. The van der Waals surface area contributed by atoms with Crippen LogP contribution in [0.25, 0.3) is 0 Å². The predicted molar refractivity (Wildman–Crippen MR) is 60.7 cm³/mol. The van der Waals surface area contributed by atoms with Crippen LogP contribution in [0.3, 0.4) is 0 Å². The van der Waals surface area contributed by atoms with Crippen LogP contribution in [0.1, 0.15) is 27.7 Å². The molecule has 3 unspecified atom stereocenters. The summed E-state index contributed by atoms with van der Waals surface area (Å²) < 4.78 is 150. The maximum absolute atomic E-state index is 14.9. The minimum absolute atomic E-state index is 0.323. The minimum Gasteiger partial charge on any atom is -0.337 e. The van der Waals surface area contributed by atoms with Crippen molar-refractivity contribution in [1.82, 2.24) is 0 Å². The largest absolute Gasteiger partial charge is 0.456 e. The van der Waals surface area contributed by atoms with Crippen molar-refractivity contribution in [3.8, 4) is 0 Å². The fourth-order valence-corrected chi connectivity index (χ4v) is 2.30. The molecule has 146 valence electrons. The summed E-state index contributed by atoms with van der Waals surface area (Å²) in [7, 11) is 0. The smallest absolute Gasteiger partial charge is 0.337 e. The van der Waals surface area contributed by atoms with E-state index in [0.717, 1.165) is 0 Å². The average Bonchev–Trinajstić information content (AvgIpc) is 2.34. The van der Waals surface area contributed by atoms with Crippen LogP contribution in [0.4, 0.5) is 48.3 Å². The maximum Gasteiger partial charge on any atom is 0.456 e. The van der Waals surface area contributed by atoms with Gasteiger partial charge in [-0.3, -0.25) is 0 Å². The second-order valence-electron chi connectivity index (χ2n) is 5.47. The Labute approximate surface area is 130 Å². The molecular formula is C12H15F11O. The summed E-state index contributed by atoms with van der Waals surface area (Å²) in [6.45, 7) is -0.716. The highest BCUT2D eigenvalue weighted by atomic mass is 19.4. The molecule has 12 heteroatoms. The van der Waals surface area contributed by atoms with Gasteiger partial charge in [0.15, 0.2) is 0 Å². The molecule has 0 aliphatic heterocycles. The van der Waals surface area contributed by atoms with Crippen molar-refractivity contribution in [2.45, 2.75) is 63.2 Å². The van der Waals surface area contributed by atoms with E-state index >= 15 is 0 Å². The van der Waals surface area contributed by atoms with Crippen molar-refractivity contribution in [1.29, 1.82) is 0 Å². The minimum atomic E-state index is -6.78. The lowest BCUT2D eigenvalue weighted by Crippen LogP contribution is -2.75. The SMILES string of the molecule is CCOC(F)(C(F)(F)F)C(F)(C(C)C)C(C)(F)C(F)(F)C(F)(F)F. The lowest BCUT2D eigenvalue weighted by atomic mass is 9.70. The van der Waals surface area contributed by atoms with Gasteiger partial charge in [0.2, 0.25) is 11.3 Å². The Hall–Kier alpha value is -0.810. The van der Waals surface area contributed by atoms with Crippen LogP contribution >= 0.6 is 0 Å². The topological polar surface area (TPSA) is 9.23 Å². The number of hydrogen-bond acceptors (Lipinski definition) is 1. The quantitative estimate of drug-likeness (QED) is 0.547. The van der Waals surface area contributed by atoms with E-state index in [9.17, 15) is 48.3 Å². The van der Waals surface area contributed by atoms with Crippen LogP contribution in [-0.2, 0) is 4.74 Å². The van der Waals surface area contributed by atoms with Crippen LogP contribution in [0, 0.1) is 5.92 Å². The van der Waals surface area contributed by atoms with Crippen molar-refractivity contribution in [2.24, 2.45) is 5.92 Å². The van der Waals surface area contributed by atoms with Crippen LogP contribution in [0.5, 0.6) is 0 Å². The van der Waals surface area contributed by atoms with Gasteiger partial charge in [-0.2, -0.15) is 39.5 Å². The average molecular weight is 384 g/mol. The van der Waals surface area contributed by atoms with Crippen LogP contribution in [0.2, 0.25) is 0 Å². The van der Waals surface area contributed by atoms with E-state index in [1.807, 2.05) is 0 Å². The molecule has 0 saturated heterocycles. The van der Waals surface area contributed by atoms with Crippen LogP contribution in [-0.4, -0.2) is 42.1 Å². The number of halogens is 11. The zero-order chi connectivity index (χ0) is 20.0. The van der Waals surface area contributed by atoms with Gasteiger partial charge in [0, 0.05) is 6.61 Å². The Bertz CT molecular complexity index is 439. The van der Waals surface area contributed by atoms with E-state index in [4.69, 9.17) is 0 Å². The summed E-state index contributed by atoms with van der Waals surface area (Å²) >= 11 is 0. The Kier molecular flexibility index (Phi) is 5.96. The normalized spacial score (nSPS) is 22.0. The highest BCUT2D eigenvalue weighted by Crippen LogP contribution is 2.61. The molecule has 0 N–H and O–H groups in total. The van der Waals surface area contributed by atoms with E-state index in [-0.39, 0.29) is 0 Å². The van der Waals surface area contributed by atoms with Crippen molar-refractivity contribution in [3.05, 3.63) is 0 Å². The molecule has 0 aliphatic rings. The van der Waals surface area contributed by atoms with Gasteiger partial charge in [-0.1, -0.05) is 13.8 Å². The molecule has 24 heavy (non-hydrogen) atoms. The van der Waals surface area contributed by atoms with Crippen LogP contribution < -0.4 is 0 Å². The molecule has 0 saturated carbocycles. The molecule has 3 atom stereocenters. The Morgan fingerprint density at radius 3 is 1.33 bits per heavy atom. The maximum atomic E-state index is 14.9. The van der Waals surface area contributed by atoms with Gasteiger partial charge in [-0.15, -0.1) is 0 Å². The first kappa shape index (κ1) is 23.2. The fourth-order valence-electron chi connectivity index (χ4n) is 2.30. The first-order valence-electron chi connectivity index (χ1n) is 6.47. The first-order valence-corrected chi connectivity index (χ1v) is 6.47. The third-order valence-electron chi connectivity index (χ3n) is 3.60. The second-order valence-corrected chi connectivity index (χ2v) is 5.47. The Balaban J connectivity index is 6.77. The number of ether oxygens (including phenoxy) is 1. The van der Waals surface area contributed by atoms with Gasteiger partial charge in [0.05, 0.1) is 0 Å². The van der Waals surface area contributed by atoms with Crippen molar-refractivity contribution < 1.29 is 53.0 Å². The summed E-state index contributed by atoms with van der Waals surface area (Å²) in [5.74, 6) is -15.0. The molecule has 0 fully saturated rings. The van der Waals surface area contributed by atoms with Crippen molar-refractivity contribution >= 4 is 0 Å². The standard InChI is InChI=1S/C12H15F11O/c1-5-24-10(17,12(21,22)23)8(14,6(2)3)7(4,13)9(15,16)11(18,19)20/h6H,5H2,1-4H3. The molecular weight excluding hydrogens is 369 g/mol. The molecule has 1 nitrogen and oxygen atoms in total. The van der Waals surface area contributed by atoms with Gasteiger partial charge < -0.3 is 4.74 Å². The lowest BCUT2D eigenvalue weighted by molar-refractivity contribution is -0.428. The molecule has 0 aromatic carbocycles. The highest BCUT2D eigenvalue weighted by Gasteiger charge is 2.86. The Morgan fingerprint density at radius 1 is 0.750 bits per heavy atom. The molecule has 0 spiro atoms. The molecule has 0 aromatic heterocycles. The summed E-state index contributed by atoms with van der Waals surface area (Å²) in [5, 5.41) is 0. The van der Waals surface area contributed by atoms with Gasteiger partial charge in [-0.25, -0.2) is 8.78 Å². The van der Waals surface area contributed by atoms with Crippen molar-refractivity contribution in [3.63, 3.8) is 0 Å². The van der Waals surface area contributed by atoms with E-state index in [1.165, 1.54) is 0 Å². The van der Waals surface area contributed by atoms with E-state index in [1.54, 1.807) is 0 Å². The third kappa shape index (κ3) is 2.94. The fraction of sp³-hybridized carbons (Fsp3) is 1.00. The van der Waals surface area contributed by atoms with Gasteiger partial charge in [-0.05, 0) is 19.8 Å². The molecule has 0 amide bonds. The Morgan fingerprint density at radius 2 is 1.12 bits per heavy atom. The number of hydrogen-bond donors (Lipinski definition) is 0. The molecule has 0 rings (SSSR count). The van der Waals surface area contributed by atoms with E-state index in [0.29, 0.717) is 20.8 Å². The zero-order valence-electron chi connectivity index (χ0n) is 12.9. The van der Waals surface area contributed by atoms with Gasteiger partial charge in [0.1, 0.15) is 0 Å². The van der Waals surface area contributed by atoms with E-state index in [2.05, 4.69) is 4.74 Å². The zero-order valence-corrected chi connectivity index (χ0v) is 12.9. The summed E-state index contributed by atoms with van der Waals surface area (Å²) in [5.41, 5.74) is -11.1. The second kappa shape index (κ2) is 6.17. The summed E-state index contributed by atoms with van der Waals surface area (Å²) in [4.78, 5) is 0. The van der Waals surface area contributed by atoms with Crippen molar-refractivity contribution in [2.75, 3.05) is 6.61 Å².